The zero-order chi connectivity index (χ0) is 96.2. The van der Waals surface area contributed by atoms with E-state index in [0.717, 1.165) is 185 Å². The first-order valence-electron chi connectivity index (χ1n) is 43.3. The van der Waals surface area contributed by atoms with Gasteiger partial charge < -0.3 is 44.1 Å². The molecule has 0 saturated carbocycles. The molecule has 0 spiro atoms. The second kappa shape index (κ2) is 39.1. The summed E-state index contributed by atoms with van der Waals surface area (Å²) in [7, 11) is 0. The molecule has 684 valence electrons. The molecule has 0 fully saturated rings. The maximum absolute atomic E-state index is 18.2. The van der Waals surface area contributed by atoms with E-state index in [4.69, 9.17) is 0 Å². The maximum atomic E-state index is 18.2. The van der Waals surface area contributed by atoms with Crippen LogP contribution in [-0.4, -0.2) is 0 Å². The Bertz CT molecular complexity index is 6920. The highest BCUT2D eigenvalue weighted by atomic mass is 19.2. The smallest absolute Gasteiger partial charge is 0.150 e. The van der Waals surface area contributed by atoms with Gasteiger partial charge in [-0.15, -0.1) is 0 Å². The number of nitrogens with zero attached hydrogens (tertiary/aromatic N) is 9. The largest absolute Gasteiger partial charge is 0.310 e. The minimum atomic E-state index is -1.26. The zero-order valence-corrected chi connectivity index (χ0v) is 72.6. The van der Waals surface area contributed by atoms with Gasteiger partial charge in [-0.1, -0.05) is 170 Å². The van der Waals surface area contributed by atoms with Gasteiger partial charge >= 0.3 is 0 Å². The molecule has 0 amide bonds. The van der Waals surface area contributed by atoms with Crippen LogP contribution in [0.1, 0.15) is 0 Å². The van der Waals surface area contributed by atoms with Gasteiger partial charge in [0.15, 0.2) is 0 Å². The van der Waals surface area contributed by atoms with Gasteiger partial charge in [0.25, 0.3) is 0 Å². The molecule has 0 unspecified atom stereocenters. The van der Waals surface area contributed by atoms with E-state index in [1.807, 2.05) is 0 Å². The molecule has 0 aliphatic heterocycles. The number of rotatable bonds is 27. The highest BCUT2D eigenvalue weighted by Crippen LogP contribution is 2.56. The van der Waals surface area contributed by atoms with Crippen LogP contribution in [0.25, 0.3) is 0 Å². The first-order valence-corrected chi connectivity index (χ1v) is 43.3. The van der Waals surface area contributed by atoms with Gasteiger partial charge in [0.1, 0.15) is 139 Å². The number of hydrogen-bond acceptors (Lipinski definition) is 9. The van der Waals surface area contributed by atoms with E-state index in [0.29, 0.717) is 11.4 Å². The summed E-state index contributed by atoms with van der Waals surface area (Å²) < 4.78 is 281. The van der Waals surface area contributed by atoms with Crippen LogP contribution in [-0.2, 0) is 0 Å². The fourth-order valence-corrected chi connectivity index (χ4v) is 17.2. The number of para-hydroxylation sites is 14. The summed E-state index contributed by atoms with van der Waals surface area (Å²) in [6.45, 7) is 0. The predicted molar refractivity (Wildman–Crippen MR) is 518 cm³/mol. The molecule has 25 heteroatoms. The van der Waals surface area contributed by atoms with Crippen molar-refractivity contribution >= 4 is 154 Å². The van der Waals surface area contributed by atoms with E-state index in [-0.39, 0.29) is 96.7 Å². The normalized spacial score (nSPS) is 11.2. The Morgan fingerprint density at radius 3 is 0.317 bits per heavy atom. The summed E-state index contributed by atoms with van der Waals surface area (Å²) in [6, 6.07) is 95.4. The summed E-state index contributed by atoms with van der Waals surface area (Å²) in [5, 5.41) is 0. The molecule has 0 bridgehead atoms. The van der Waals surface area contributed by atoms with E-state index < -0.39 is 139 Å². The Morgan fingerprint density at radius 1 is 0.0863 bits per heavy atom. The molecule has 0 N–H and O–H groups in total. The fourth-order valence-electron chi connectivity index (χ4n) is 17.2. The summed E-state index contributed by atoms with van der Waals surface area (Å²) in [5.41, 5.74) is -8.06. The molecule has 0 heterocycles. The molecule has 0 atom stereocenters. The molecule has 19 rings (SSSR count). The average Bonchev–Trinajstić information content (AvgIpc) is 0.748. The topological polar surface area (TPSA) is 29.2 Å². The van der Waals surface area contributed by atoms with E-state index >= 15 is 70.2 Å². The summed E-state index contributed by atoms with van der Waals surface area (Å²) in [4.78, 5) is 10.5. The third-order valence-corrected chi connectivity index (χ3v) is 23.1. The Labute approximate surface area is 787 Å². The first kappa shape index (κ1) is 90.4. The number of anilines is 27. The average molecular weight is 1870 g/mol. The van der Waals surface area contributed by atoms with Gasteiger partial charge in [-0.2, -0.15) is 0 Å². The van der Waals surface area contributed by atoms with Gasteiger partial charge in [-0.3, -0.25) is 0 Å². The molecule has 0 aliphatic rings. The fraction of sp³-hybridized carbons (Fsp3) is 0. The van der Waals surface area contributed by atoms with Crippen molar-refractivity contribution in [3.63, 3.8) is 0 Å². The number of hydrogen-bond donors (Lipinski definition) is 0. The molecule has 0 aliphatic carbocycles. The Morgan fingerprint density at radius 2 is 0.180 bits per heavy atom. The van der Waals surface area contributed by atoms with Gasteiger partial charge in [0.05, 0.1) is 51.2 Å². The van der Waals surface area contributed by atoms with Crippen molar-refractivity contribution < 1.29 is 70.2 Å². The van der Waals surface area contributed by atoms with Crippen molar-refractivity contribution in [2.45, 2.75) is 0 Å². The van der Waals surface area contributed by atoms with E-state index in [1.165, 1.54) is 152 Å². The van der Waals surface area contributed by atoms with E-state index in [1.54, 1.807) is 138 Å². The summed E-state index contributed by atoms with van der Waals surface area (Å²) >= 11 is 0. The minimum Gasteiger partial charge on any atom is -0.310 e. The number of halogens is 16. The van der Waals surface area contributed by atoms with Crippen LogP contribution in [0.3, 0.4) is 0 Å². The quantitative estimate of drug-likeness (QED) is 0.0467. The van der Waals surface area contributed by atoms with Crippen LogP contribution in [0.4, 0.5) is 224 Å². The second-order valence-corrected chi connectivity index (χ2v) is 31.8. The standard InChI is InChI=1S/C114H71F16N9/c115-91-45-21-46-92(116)107(91)132(74-33-11-3-12-34-74)83-65-84(133(75-35-13-4-14-36-75)108-93(117)47-22-48-94(108)118)68-89(67-83)138(113-103(127)57-27-58-104(113)128)80-43-19-41-78(61-80)136(111-99(123)53-25-54-100(111)124)87-63-82(131(72-29-7-1-8-30-72)73-31-9-2-10-32-73)64-88(71-87)137(112-101(125)55-26-56-102(112)126)79-42-20-44-81(62-79)139(114-105(129)59-28-60-106(114)130)90-69-85(134(76-37-15-5-16-38-76)109-95(119)49-23-50-96(109)120)66-86(70-90)135(77-39-17-6-18-40-77)110-97(121)51-24-52-98(110)122/h1-71H. The van der Waals surface area contributed by atoms with Crippen molar-refractivity contribution in [1.82, 2.24) is 0 Å². The van der Waals surface area contributed by atoms with Crippen LogP contribution in [0.5, 0.6) is 0 Å². The van der Waals surface area contributed by atoms with Gasteiger partial charge in [0, 0.05) is 56.9 Å². The minimum absolute atomic E-state index is 0.0477. The van der Waals surface area contributed by atoms with E-state index in [2.05, 4.69) is 0 Å². The molecule has 9 nitrogen and oxygen atoms in total. The lowest BCUT2D eigenvalue weighted by molar-refractivity contribution is 0.584. The monoisotopic (exact) mass is 1870 g/mol. The predicted octanol–water partition coefficient (Wildman–Crippen LogP) is 35.1. The third kappa shape index (κ3) is 17.9. The second-order valence-electron chi connectivity index (χ2n) is 31.8. The summed E-state index contributed by atoms with van der Waals surface area (Å²) in [6.07, 6.45) is 0. The first-order chi connectivity index (χ1) is 67.6. The molecule has 0 saturated heterocycles. The molecule has 19 aromatic rings. The lowest BCUT2D eigenvalue weighted by atomic mass is 10.1. The highest BCUT2D eigenvalue weighted by Gasteiger charge is 2.36. The van der Waals surface area contributed by atoms with Crippen molar-refractivity contribution in [1.29, 1.82) is 0 Å². The highest BCUT2D eigenvalue weighted by molar-refractivity contribution is 5.97. The Hall–Kier alpha value is -17.7. The number of benzene rings is 19. The van der Waals surface area contributed by atoms with Crippen molar-refractivity contribution in [2.75, 3.05) is 44.1 Å². The van der Waals surface area contributed by atoms with Crippen LogP contribution < -0.4 is 44.1 Å². The molecule has 139 heavy (non-hydrogen) atoms. The Kier molecular flexibility index (Phi) is 25.4. The van der Waals surface area contributed by atoms with Crippen LogP contribution in [0.2, 0.25) is 0 Å². The lowest BCUT2D eigenvalue weighted by Crippen LogP contribution is -2.20. The molecule has 19 aromatic carbocycles. The van der Waals surface area contributed by atoms with Crippen LogP contribution in [0, 0.1) is 93.1 Å². The van der Waals surface area contributed by atoms with Gasteiger partial charge in [0.2, 0.25) is 0 Å². The van der Waals surface area contributed by atoms with Crippen molar-refractivity contribution in [3.8, 4) is 0 Å². The maximum Gasteiger partial charge on any atom is 0.150 e. The van der Waals surface area contributed by atoms with Gasteiger partial charge in [-0.25, -0.2) is 70.2 Å². The molecular weight excluding hydrogens is 1800 g/mol. The van der Waals surface area contributed by atoms with E-state index in [9.17, 15) is 0 Å². The summed E-state index contributed by atoms with van der Waals surface area (Å²) in [5.74, 6) is -18.9. The molecule has 0 radical (unpaired) electrons. The third-order valence-electron chi connectivity index (χ3n) is 23.1. The molecule has 0 aromatic heterocycles. The van der Waals surface area contributed by atoms with Crippen molar-refractivity contribution in [2.24, 2.45) is 0 Å². The SMILES string of the molecule is Fc1cccc(F)c1N(c1cccc(N(c2cc(N(c3ccccc3)c3c(F)cccc3F)cc(N(c3ccccc3)c3c(F)cccc3F)c2)c2c(F)cccc2F)c1)c1cc(N(c2ccccc2)c2ccccc2)cc(N(c2cccc(N(c3cc(N(c4ccccc4)c4c(F)cccc4F)cc(N(c4ccccc4)c4c(F)cccc4F)c3)c3c(F)cccc3F)c2)c2c(F)cccc2F)c1. The zero-order valence-electron chi connectivity index (χ0n) is 72.6. The molecular formula is C114H71F16N9. The van der Waals surface area contributed by atoms with Crippen LogP contribution >= 0.6 is 0 Å². The van der Waals surface area contributed by atoms with Crippen LogP contribution in [0.15, 0.2) is 431 Å². The lowest BCUT2D eigenvalue weighted by Gasteiger charge is -2.35. The van der Waals surface area contributed by atoms with Crippen molar-refractivity contribution in [3.05, 3.63) is 524 Å². The Balaban J connectivity index is 0.882. The van der Waals surface area contributed by atoms with Gasteiger partial charge in [-0.05, 0) is 261 Å².